The van der Waals surface area contributed by atoms with Gasteiger partial charge in [0.1, 0.15) is 0 Å². The van der Waals surface area contributed by atoms with Gasteiger partial charge in [0.15, 0.2) is 4.34 Å². The maximum absolute atomic E-state index is 13.1. The Kier molecular flexibility index (Phi) is 5.44. The van der Waals surface area contributed by atoms with Crippen LogP contribution in [0.3, 0.4) is 0 Å². The van der Waals surface area contributed by atoms with Gasteiger partial charge in [0.05, 0.1) is 44.2 Å². The molecule has 1 saturated carbocycles. The van der Waals surface area contributed by atoms with Crippen LogP contribution in [0.25, 0.3) is 10.2 Å². The number of hydrogen-bond donors (Lipinski definition) is 1. The third kappa shape index (κ3) is 3.64. The highest BCUT2D eigenvalue weighted by atomic mass is 35.5. The van der Waals surface area contributed by atoms with E-state index in [1.54, 1.807) is 24.3 Å². The number of carbonyl (C=O) groups is 3. The highest BCUT2D eigenvalue weighted by molar-refractivity contribution is 8.01. The first-order chi connectivity index (χ1) is 16.4. The summed E-state index contributed by atoms with van der Waals surface area (Å²) < 4.78 is 1.59. The molecule has 0 radical (unpaired) electrons. The SMILES string of the molecule is O=C(CSc1nc2ccc(N3C(=O)[C@H]4[C@H](C3=O)[C@H]3C=C[C@H]4C3)cc2s1)Nc1ccc(Cl)cc1Cl. The molecule has 34 heavy (non-hydrogen) atoms. The van der Waals surface area contributed by atoms with E-state index in [2.05, 4.69) is 22.5 Å². The van der Waals surface area contributed by atoms with Crippen molar-refractivity contribution in [2.45, 2.75) is 10.8 Å². The van der Waals surface area contributed by atoms with Crippen molar-refractivity contribution in [2.75, 3.05) is 16.0 Å². The molecule has 0 spiro atoms. The molecule has 2 heterocycles. The fraction of sp³-hybridized carbons (Fsp3) is 0.250. The van der Waals surface area contributed by atoms with E-state index in [0.717, 1.165) is 21.0 Å². The summed E-state index contributed by atoms with van der Waals surface area (Å²) in [5, 5.41) is 3.64. The van der Waals surface area contributed by atoms with Crippen LogP contribution in [-0.4, -0.2) is 28.5 Å². The molecule has 3 aromatic rings. The highest BCUT2D eigenvalue weighted by Gasteiger charge is 2.59. The van der Waals surface area contributed by atoms with Crippen molar-refractivity contribution >= 4 is 85.6 Å². The van der Waals surface area contributed by atoms with E-state index in [1.807, 2.05) is 12.1 Å². The molecule has 6 rings (SSSR count). The van der Waals surface area contributed by atoms with E-state index < -0.39 is 0 Å². The summed E-state index contributed by atoms with van der Waals surface area (Å²) in [4.78, 5) is 44.5. The maximum Gasteiger partial charge on any atom is 0.238 e. The molecule has 4 atom stereocenters. The predicted molar refractivity (Wildman–Crippen MR) is 136 cm³/mol. The Hall–Kier alpha value is -2.39. The van der Waals surface area contributed by atoms with Gasteiger partial charge in [-0.25, -0.2) is 9.88 Å². The summed E-state index contributed by atoms with van der Waals surface area (Å²) in [6.45, 7) is 0. The van der Waals surface area contributed by atoms with Crippen molar-refractivity contribution in [2.24, 2.45) is 23.7 Å². The summed E-state index contributed by atoms with van der Waals surface area (Å²) in [6.07, 6.45) is 5.09. The van der Waals surface area contributed by atoms with Crippen LogP contribution in [0.4, 0.5) is 11.4 Å². The van der Waals surface area contributed by atoms with Crippen LogP contribution >= 0.6 is 46.3 Å². The van der Waals surface area contributed by atoms with Gasteiger partial charge in [0.2, 0.25) is 17.7 Å². The zero-order chi connectivity index (χ0) is 23.6. The number of nitrogens with one attached hydrogen (secondary N) is 1. The van der Waals surface area contributed by atoms with Gasteiger partial charge in [-0.2, -0.15) is 0 Å². The lowest BCUT2D eigenvalue weighted by atomic mass is 9.85. The number of benzene rings is 2. The van der Waals surface area contributed by atoms with Crippen molar-refractivity contribution in [1.82, 2.24) is 4.98 Å². The Morgan fingerprint density at radius 1 is 1.09 bits per heavy atom. The van der Waals surface area contributed by atoms with Crippen molar-refractivity contribution in [1.29, 1.82) is 0 Å². The van der Waals surface area contributed by atoms with Gasteiger partial charge in [-0.15, -0.1) is 11.3 Å². The third-order valence-corrected chi connectivity index (χ3v) is 9.32. The van der Waals surface area contributed by atoms with Gasteiger partial charge in [-0.05, 0) is 54.7 Å². The minimum Gasteiger partial charge on any atom is -0.324 e. The summed E-state index contributed by atoms with van der Waals surface area (Å²) >= 11 is 14.7. The molecule has 1 N–H and O–H groups in total. The van der Waals surface area contributed by atoms with Crippen LogP contribution in [0.5, 0.6) is 0 Å². The van der Waals surface area contributed by atoms with E-state index >= 15 is 0 Å². The average molecular weight is 530 g/mol. The number of amides is 3. The van der Waals surface area contributed by atoms with Crippen LogP contribution in [0.1, 0.15) is 6.42 Å². The largest absolute Gasteiger partial charge is 0.324 e. The molecule has 6 nitrogen and oxygen atoms in total. The van der Waals surface area contributed by atoms with Gasteiger partial charge in [0, 0.05) is 5.02 Å². The molecule has 2 aromatic carbocycles. The Morgan fingerprint density at radius 3 is 2.53 bits per heavy atom. The number of fused-ring (bicyclic) bond motifs is 6. The molecular weight excluding hydrogens is 513 g/mol. The molecule has 1 aromatic heterocycles. The Morgan fingerprint density at radius 2 is 1.82 bits per heavy atom. The molecule has 1 aliphatic heterocycles. The number of thiazole rings is 1. The first-order valence-electron chi connectivity index (χ1n) is 10.7. The summed E-state index contributed by atoms with van der Waals surface area (Å²) in [5.74, 6) is -0.325. The highest BCUT2D eigenvalue weighted by Crippen LogP contribution is 2.53. The van der Waals surface area contributed by atoms with Gasteiger partial charge in [0.25, 0.3) is 0 Å². The van der Waals surface area contributed by atoms with Gasteiger partial charge >= 0.3 is 0 Å². The number of hydrogen-bond acceptors (Lipinski definition) is 6. The van der Waals surface area contributed by atoms with Crippen LogP contribution in [0.2, 0.25) is 10.0 Å². The van der Waals surface area contributed by atoms with E-state index in [-0.39, 0.29) is 47.1 Å². The van der Waals surface area contributed by atoms with E-state index in [0.29, 0.717) is 21.4 Å². The van der Waals surface area contributed by atoms with Crippen molar-refractivity contribution in [3.8, 4) is 0 Å². The molecule has 0 unspecified atom stereocenters. The topological polar surface area (TPSA) is 79.4 Å². The minimum atomic E-state index is -0.224. The lowest BCUT2D eigenvalue weighted by molar-refractivity contribution is -0.123. The number of allylic oxidation sites excluding steroid dienone is 2. The second-order valence-corrected chi connectivity index (χ2v) is 11.7. The third-order valence-electron chi connectivity index (χ3n) is 6.61. The number of thioether (sulfide) groups is 1. The fourth-order valence-electron chi connectivity index (χ4n) is 5.15. The number of imide groups is 1. The first-order valence-corrected chi connectivity index (χ1v) is 13.3. The second-order valence-electron chi connectivity index (χ2n) is 8.60. The van der Waals surface area contributed by atoms with Crippen LogP contribution in [0, 0.1) is 23.7 Å². The molecule has 10 heteroatoms. The number of aromatic nitrogens is 1. The number of carbonyl (C=O) groups excluding carboxylic acids is 3. The monoisotopic (exact) mass is 529 g/mol. The Bertz CT molecular complexity index is 1380. The van der Waals surface area contributed by atoms with Crippen LogP contribution in [-0.2, 0) is 14.4 Å². The Balaban J connectivity index is 1.16. The van der Waals surface area contributed by atoms with E-state index in [1.165, 1.54) is 28.0 Å². The molecule has 3 amide bonds. The smallest absolute Gasteiger partial charge is 0.238 e. The van der Waals surface area contributed by atoms with Gasteiger partial charge in [-0.1, -0.05) is 47.1 Å². The number of halogens is 2. The van der Waals surface area contributed by atoms with Crippen LogP contribution in [0.15, 0.2) is 52.9 Å². The standard InChI is InChI=1S/C24H17Cl2N3O3S2/c25-13-3-5-16(15(26)8-13)27-19(30)10-33-24-28-17-6-4-14(9-18(17)34-24)29-22(31)20-11-1-2-12(7-11)21(20)23(29)32/h1-6,8-9,11-12,20-21H,7,10H2,(H,27,30)/t11-,12-,20+,21+/m0/s1. The second kappa shape index (κ2) is 8.37. The number of nitrogens with zero attached hydrogens (tertiary/aromatic N) is 2. The number of rotatable bonds is 5. The van der Waals surface area contributed by atoms with E-state index in [4.69, 9.17) is 23.2 Å². The van der Waals surface area contributed by atoms with Crippen molar-refractivity contribution in [3.63, 3.8) is 0 Å². The quantitative estimate of drug-likeness (QED) is 0.262. The predicted octanol–water partition coefficient (Wildman–Crippen LogP) is 5.65. The molecule has 2 fully saturated rings. The molecule has 1 saturated heterocycles. The summed E-state index contributed by atoms with van der Waals surface area (Å²) in [5.41, 5.74) is 1.85. The van der Waals surface area contributed by atoms with Gasteiger partial charge in [-0.3, -0.25) is 14.4 Å². The maximum atomic E-state index is 13.1. The summed E-state index contributed by atoms with van der Waals surface area (Å²) in [7, 11) is 0. The fourth-order valence-corrected chi connectivity index (χ4v) is 7.51. The van der Waals surface area contributed by atoms with Crippen molar-refractivity contribution in [3.05, 3.63) is 58.6 Å². The lowest BCUT2D eigenvalue weighted by Gasteiger charge is -2.17. The first kappa shape index (κ1) is 22.1. The van der Waals surface area contributed by atoms with Crippen LogP contribution < -0.4 is 10.2 Å². The summed E-state index contributed by atoms with van der Waals surface area (Å²) in [6, 6.07) is 10.3. The van der Waals surface area contributed by atoms with Gasteiger partial charge < -0.3 is 5.32 Å². The molecule has 2 bridgehead atoms. The van der Waals surface area contributed by atoms with E-state index in [9.17, 15) is 14.4 Å². The average Bonchev–Trinajstić information content (AvgIpc) is 3.57. The molecular formula is C24H17Cl2N3O3S2. The zero-order valence-electron chi connectivity index (χ0n) is 17.5. The Labute approximate surface area is 213 Å². The lowest BCUT2D eigenvalue weighted by Crippen LogP contribution is -2.32. The minimum absolute atomic E-state index is 0.0946. The zero-order valence-corrected chi connectivity index (χ0v) is 20.7. The molecule has 172 valence electrons. The normalized spacial score (nSPS) is 24.9. The number of anilines is 2. The van der Waals surface area contributed by atoms with Crippen molar-refractivity contribution < 1.29 is 14.4 Å². The molecule has 2 aliphatic carbocycles. The molecule has 3 aliphatic rings.